The molecule has 3 aromatic rings. The van der Waals surface area contributed by atoms with E-state index >= 15 is 0 Å². The summed E-state index contributed by atoms with van der Waals surface area (Å²) in [6.07, 6.45) is 0. The second-order valence-corrected chi connectivity index (χ2v) is 9.91. The molecule has 0 saturated carbocycles. The van der Waals surface area contributed by atoms with Crippen molar-refractivity contribution in [3.63, 3.8) is 0 Å². The Hall–Kier alpha value is -2.17. The number of thiophene rings is 1. The maximum Gasteiger partial charge on any atom is 0.267 e. The molecule has 1 fully saturated rings. The molecular weight excluding hydrogens is 448 g/mol. The first-order chi connectivity index (χ1) is 14.4. The molecule has 2 heterocycles. The van der Waals surface area contributed by atoms with E-state index in [4.69, 9.17) is 21.1 Å². The van der Waals surface area contributed by atoms with Crippen LogP contribution in [-0.2, 0) is 14.8 Å². The van der Waals surface area contributed by atoms with Gasteiger partial charge in [0.1, 0.15) is 15.5 Å². The third-order valence-electron chi connectivity index (χ3n) is 4.77. The molecule has 1 aliphatic rings. The normalized spacial score (nSPS) is 15.3. The van der Waals surface area contributed by atoms with Crippen LogP contribution in [0.1, 0.15) is 9.67 Å². The van der Waals surface area contributed by atoms with Crippen molar-refractivity contribution in [2.24, 2.45) is 0 Å². The number of anilines is 1. The van der Waals surface area contributed by atoms with E-state index in [2.05, 4.69) is 5.32 Å². The lowest BCUT2D eigenvalue weighted by Crippen LogP contribution is -2.40. The smallest absolute Gasteiger partial charge is 0.267 e. The summed E-state index contributed by atoms with van der Waals surface area (Å²) in [7, 11) is -2.40. The minimum absolute atomic E-state index is 0.0330. The number of nitrogens with one attached hydrogen (secondary N) is 1. The van der Waals surface area contributed by atoms with Crippen molar-refractivity contribution < 1.29 is 22.7 Å². The van der Waals surface area contributed by atoms with Crippen LogP contribution in [0.5, 0.6) is 5.75 Å². The van der Waals surface area contributed by atoms with Gasteiger partial charge < -0.3 is 14.8 Å². The van der Waals surface area contributed by atoms with Crippen molar-refractivity contribution >= 4 is 54.6 Å². The van der Waals surface area contributed by atoms with Crippen LogP contribution in [0.3, 0.4) is 0 Å². The van der Waals surface area contributed by atoms with Gasteiger partial charge >= 0.3 is 0 Å². The highest BCUT2D eigenvalue weighted by Gasteiger charge is 2.30. The Morgan fingerprint density at radius 3 is 2.63 bits per heavy atom. The van der Waals surface area contributed by atoms with Crippen LogP contribution in [0.2, 0.25) is 5.02 Å². The Morgan fingerprint density at radius 2 is 1.93 bits per heavy atom. The zero-order valence-corrected chi connectivity index (χ0v) is 18.4. The minimum atomic E-state index is -3.86. The summed E-state index contributed by atoms with van der Waals surface area (Å²) in [5.41, 5.74) is 0.167. The molecule has 1 amide bonds. The highest BCUT2D eigenvalue weighted by molar-refractivity contribution is 7.89. The Labute approximate surface area is 183 Å². The molecule has 0 atom stereocenters. The molecule has 1 N–H and O–H groups in total. The predicted molar refractivity (Wildman–Crippen MR) is 117 cm³/mol. The van der Waals surface area contributed by atoms with Crippen LogP contribution in [-0.4, -0.2) is 52.0 Å². The van der Waals surface area contributed by atoms with Crippen molar-refractivity contribution in [1.29, 1.82) is 0 Å². The van der Waals surface area contributed by atoms with Gasteiger partial charge in [-0.2, -0.15) is 4.31 Å². The highest BCUT2D eigenvalue weighted by atomic mass is 35.5. The fourth-order valence-electron chi connectivity index (χ4n) is 3.21. The average molecular weight is 467 g/mol. The van der Waals surface area contributed by atoms with Gasteiger partial charge in [-0.1, -0.05) is 29.8 Å². The van der Waals surface area contributed by atoms with Crippen LogP contribution >= 0.6 is 22.9 Å². The van der Waals surface area contributed by atoms with Crippen LogP contribution in [0.4, 0.5) is 5.69 Å². The first-order valence-corrected chi connectivity index (χ1v) is 11.8. The molecule has 1 saturated heterocycles. The Bertz CT molecular complexity index is 1200. The number of hydrogen-bond donors (Lipinski definition) is 1. The lowest BCUT2D eigenvalue weighted by atomic mass is 10.2. The van der Waals surface area contributed by atoms with Gasteiger partial charge in [-0.25, -0.2) is 8.42 Å². The molecule has 0 bridgehead atoms. The Morgan fingerprint density at radius 1 is 1.20 bits per heavy atom. The van der Waals surface area contributed by atoms with Gasteiger partial charge in [0.25, 0.3) is 5.91 Å². The van der Waals surface area contributed by atoms with Crippen LogP contribution in [0.15, 0.2) is 47.4 Å². The summed E-state index contributed by atoms with van der Waals surface area (Å²) in [5, 5.41) is 3.85. The molecular formula is C20H19ClN2O5S2. The van der Waals surface area contributed by atoms with Crippen LogP contribution < -0.4 is 10.1 Å². The fraction of sp³-hybridized carbons (Fsp3) is 0.250. The Balaban J connectivity index is 1.71. The number of fused-ring (bicyclic) bond motifs is 1. The van der Waals surface area contributed by atoms with Gasteiger partial charge in [0.15, 0.2) is 0 Å². The molecule has 7 nitrogen and oxygen atoms in total. The zero-order valence-electron chi connectivity index (χ0n) is 16.1. The van der Waals surface area contributed by atoms with Gasteiger partial charge in [0, 0.05) is 29.2 Å². The monoisotopic (exact) mass is 466 g/mol. The average Bonchev–Trinajstić information content (AvgIpc) is 3.11. The van der Waals surface area contributed by atoms with Gasteiger partial charge in [0.05, 0.1) is 31.0 Å². The Kier molecular flexibility index (Phi) is 5.99. The largest absolute Gasteiger partial charge is 0.497 e. The van der Waals surface area contributed by atoms with Crippen molar-refractivity contribution in [3.05, 3.63) is 52.4 Å². The van der Waals surface area contributed by atoms with E-state index in [1.165, 1.54) is 34.9 Å². The summed E-state index contributed by atoms with van der Waals surface area (Å²) in [4.78, 5) is 13.3. The lowest BCUT2D eigenvalue weighted by Gasteiger charge is -2.27. The number of halogens is 1. The first-order valence-electron chi connectivity index (χ1n) is 9.16. The molecule has 4 rings (SSSR count). The van der Waals surface area contributed by atoms with Crippen molar-refractivity contribution in [3.8, 4) is 5.75 Å². The summed E-state index contributed by atoms with van der Waals surface area (Å²) < 4.78 is 39.2. The third-order valence-corrected chi connectivity index (χ3v) is 8.38. The first kappa shape index (κ1) is 21.1. The van der Waals surface area contributed by atoms with Crippen molar-refractivity contribution in [2.75, 3.05) is 38.7 Å². The maximum atomic E-state index is 13.2. The minimum Gasteiger partial charge on any atom is -0.497 e. The molecule has 0 spiro atoms. The van der Waals surface area contributed by atoms with Crippen molar-refractivity contribution in [1.82, 2.24) is 4.31 Å². The number of carbonyl (C=O) groups excluding carboxylic acids is 1. The van der Waals surface area contributed by atoms with Gasteiger partial charge in [-0.05, 0) is 18.2 Å². The van der Waals surface area contributed by atoms with Gasteiger partial charge in [-0.15, -0.1) is 11.3 Å². The SMILES string of the molecule is COc1ccc(NC(=O)c2sc3ccccc3c2Cl)c(S(=O)(=O)N2CCOCC2)c1. The zero-order chi connectivity index (χ0) is 21.3. The number of ether oxygens (including phenoxy) is 2. The predicted octanol–water partition coefficient (Wildman–Crippen LogP) is 3.84. The quantitative estimate of drug-likeness (QED) is 0.617. The number of nitrogens with zero attached hydrogens (tertiary/aromatic N) is 1. The summed E-state index contributed by atoms with van der Waals surface area (Å²) in [6.45, 7) is 1.13. The van der Waals surface area contributed by atoms with E-state index in [9.17, 15) is 13.2 Å². The standard InChI is InChI=1S/C20H19ClN2O5S2/c1-27-13-6-7-15(17(12-13)30(25,26)23-8-10-28-11-9-23)22-20(24)19-18(21)14-4-2-3-5-16(14)29-19/h2-7,12H,8-11H2,1H3,(H,22,24). The van der Waals surface area contributed by atoms with E-state index in [1.54, 1.807) is 6.07 Å². The van der Waals surface area contributed by atoms with Gasteiger partial charge in [-0.3, -0.25) is 4.79 Å². The van der Waals surface area contributed by atoms with Crippen LogP contribution in [0, 0.1) is 0 Å². The third kappa shape index (κ3) is 3.91. The highest BCUT2D eigenvalue weighted by Crippen LogP contribution is 2.36. The number of carbonyl (C=O) groups is 1. The number of morpholine rings is 1. The second kappa shape index (κ2) is 8.52. The van der Waals surface area contributed by atoms with E-state index in [1.807, 2.05) is 24.3 Å². The molecule has 0 radical (unpaired) electrons. The number of rotatable bonds is 5. The second-order valence-electron chi connectivity index (χ2n) is 6.57. The van der Waals surface area contributed by atoms with Crippen molar-refractivity contribution in [2.45, 2.75) is 4.90 Å². The van der Waals surface area contributed by atoms with E-state index in [-0.39, 0.29) is 23.7 Å². The molecule has 30 heavy (non-hydrogen) atoms. The number of amides is 1. The number of benzene rings is 2. The molecule has 158 valence electrons. The van der Waals surface area contributed by atoms with E-state index in [0.717, 1.165) is 10.1 Å². The van der Waals surface area contributed by atoms with E-state index < -0.39 is 15.9 Å². The molecule has 0 unspecified atom stereocenters. The summed E-state index contributed by atoms with van der Waals surface area (Å²) in [6, 6.07) is 12.0. The number of sulfonamides is 1. The van der Waals surface area contributed by atoms with Crippen LogP contribution in [0.25, 0.3) is 10.1 Å². The maximum absolute atomic E-state index is 13.2. The lowest BCUT2D eigenvalue weighted by molar-refractivity contribution is 0.0730. The molecule has 0 aliphatic carbocycles. The van der Waals surface area contributed by atoms with E-state index in [0.29, 0.717) is 28.9 Å². The summed E-state index contributed by atoms with van der Waals surface area (Å²) in [5.74, 6) is -0.0930. The number of hydrogen-bond acceptors (Lipinski definition) is 6. The number of methoxy groups -OCH3 is 1. The fourth-order valence-corrected chi connectivity index (χ4v) is 6.19. The molecule has 1 aliphatic heterocycles. The molecule has 1 aromatic heterocycles. The van der Waals surface area contributed by atoms with Gasteiger partial charge in [0.2, 0.25) is 10.0 Å². The molecule has 10 heteroatoms. The summed E-state index contributed by atoms with van der Waals surface area (Å²) >= 11 is 7.66. The molecule has 2 aromatic carbocycles. The topological polar surface area (TPSA) is 84.9 Å².